The molecule has 2 N–H and O–H groups in total. The van der Waals surface area contributed by atoms with Crippen molar-refractivity contribution in [3.05, 3.63) is 35.9 Å². The third-order valence-electron chi connectivity index (χ3n) is 4.89. The molecule has 0 bridgehead atoms. The number of carbonyl (C=O) groups is 2. The molecule has 3 rings (SSSR count). The van der Waals surface area contributed by atoms with E-state index in [1.807, 2.05) is 30.3 Å². The zero-order valence-corrected chi connectivity index (χ0v) is 14.0. The molecule has 0 spiro atoms. The second kappa shape index (κ2) is 7.47. The van der Waals surface area contributed by atoms with E-state index in [2.05, 4.69) is 10.6 Å². The monoisotopic (exact) mass is 351 g/mol. The smallest absolute Gasteiger partial charge is 0.262 e. The first-order chi connectivity index (χ1) is 11.9. The molecule has 25 heavy (non-hydrogen) atoms. The lowest BCUT2D eigenvalue weighted by molar-refractivity contribution is -0.137. The van der Waals surface area contributed by atoms with E-state index in [0.29, 0.717) is 32.5 Å². The summed E-state index contributed by atoms with van der Waals surface area (Å²) in [5, 5.41) is 5.52. The van der Waals surface area contributed by atoms with Gasteiger partial charge in [-0.25, -0.2) is 8.78 Å². The third-order valence-corrected chi connectivity index (χ3v) is 4.89. The quantitative estimate of drug-likeness (QED) is 0.865. The second-order valence-electron chi connectivity index (χ2n) is 6.80. The van der Waals surface area contributed by atoms with Crippen molar-refractivity contribution in [1.82, 2.24) is 15.5 Å². The summed E-state index contributed by atoms with van der Waals surface area (Å²) < 4.78 is 26.5. The maximum atomic E-state index is 13.2. The van der Waals surface area contributed by atoms with Gasteiger partial charge in [-0.1, -0.05) is 30.3 Å². The number of hydrogen-bond acceptors (Lipinski definition) is 3. The maximum absolute atomic E-state index is 13.2. The van der Waals surface area contributed by atoms with Gasteiger partial charge < -0.3 is 10.2 Å². The number of piperidine rings is 1. The highest BCUT2D eigenvalue weighted by Gasteiger charge is 2.44. The Morgan fingerprint density at radius 1 is 1.20 bits per heavy atom. The summed E-state index contributed by atoms with van der Waals surface area (Å²) in [6.45, 7) is 0.916. The normalized spacial score (nSPS) is 23.4. The van der Waals surface area contributed by atoms with Crippen molar-refractivity contribution in [3.63, 3.8) is 0 Å². The summed E-state index contributed by atoms with van der Waals surface area (Å²) >= 11 is 0. The Kier molecular flexibility index (Phi) is 5.32. The van der Waals surface area contributed by atoms with E-state index >= 15 is 0 Å². The van der Waals surface area contributed by atoms with Gasteiger partial charge in [0.15, 0.2) is 0 Å². The van der Waals surface area contributed by atoms with Gasteiger partial charge in [0.25, 0.3) is 5.92 Å². The average Bonchev–Trinajstić information content (AvgIpc) is 3.00. The highest BCUT2D eigenvalue weighted by atomic mass is 19.3. The lowest BCUT2D eigenvalue weighted by Crippen LogP contribution is -2.48. The van der Waals surface area contributed by atoms with Crippen LogP contribution in [0.15, 0.2) is 30.3 Å². The summed E-state index contributed by atoms with van der Waals surface area (Å²) in [6.07, 6.45) is 0.689. The molecule has 1 aromatic carbocycles. The topological polar surface area (TPSA) is 61.4 Å². The number of hydrogen-bond donors (Lipinski definition) is 2. The Labute approximate surface area is 145 Å². The molecule has 2 saturated heterocycles. The van der Waals surface area contributed by atoms with Crippen LogP contribution < -0.4 is 10.6 Å². The first-order valence-corrected chi connectivity index (χ1v) is 8.66. The van der Waals surface area contributed by atoms with Gasteiger partial charge in [-0.2, -0.15) is 0 Å². The number of benzene rings is 1. The van der Waals surface area contributed by atoms with Gasteiger partial charge in [0.1, 0.15) is 0 Å². The van der Waals surface area contributed by atoms with Crippen molar-refractivity contribution in [3.8, 4) is 0 Å². The van der Waals surface area contributed by atoms with E-state index in [1.54, 1.807) is 4.90 Å². The molecule has 1 atom stereocenters. The molecule has 5 nitrogen and oxygen atoms in total. The Hall–Kier alpha value is -2.02. The third kappa shape index (κ3) is 4.54. The predicted octanol–water partition coefficient (Wildman–Crippen LogP) is 1.54. The molecule has 2 fully saturated rings. The summed E-state index contributed by atoms with van der Waals surface area (Å²) in [5.41, 5.74) is 1.04. The van der Waals surface area contributed by atoms with Crippen molar-refractivity contribution in [2.75, 3.05) is 19.6 Å². The number of alkyl halides is 2. The van der Waals surface area contributed by atoms with Gasteiger partial charge in [0.2, 0.25) is 11.8 Å². The number of halogens is 2. The predicted molar refractivity (Wildman–Crippen MR) is 88.9 cm³/mol. The molecular formula is C18H23F2N3O2. The van der Waals surface area contributed by atoms with Gasteiger partial charge in [-0.3, -0.25) is 14.9 Å². The minimum atomic E-state index is -2.81. The molecule has 2 heterocycles. The van der Waals surface area contributed by atoms with E-state index in [-0.39, 0.29) is 17.7 Å². The van der Waals surface area contributed by atoms with Gasteiger partial charge in [-0.15, -0.1) is 0 Å². The van der Waals surface area contributed by atoms with Gasteiger partial charge >= 0.3 is 0 Å². The Morgan fingerprint density at radius 3 is 2.48 bits per heavy atom. The zero-order valence-electron chi connectivity index (χ0n) is 14.0. The fourth-order valence-electron chi connectivity index (χ4n) is 3.40. The van der Waals surface area contributed by atoms with Crippen molar-refractivity contribution < 1.29 is 18.4 Å². The summed E-state index contributed by atoms with van der Waals surface area (Å²) in [7, 11) is 0. The summed E-state index contributed by atoms with van der Waals surface area (Å²) in [4.78, 5) is 26.2. The molecule has 136 valence electrons. The molecule has 0 radical (unpaired) electrons. The number of amides is 2. The first-order valence-electron chi connectivity index (χ1n) is 8.66. The standard InChI is InChI=1S/C18H23F2N3O2/c19-18(20)10-15(22-12-18)17(25)23-8-6-14(7-9-23)16(24)21-11-13-4-2-1-3-5-13/h1-5,14-15,22H,6-12H2,(H,21,24). The average molecular weight is 351 g/mol. The number of rotatable bonds is 4. The maximum Gasteiger partial charge on any atom is 0.262 e. The van der Waals surface area contributed by atoms with Gasteiger partial charge in [0, 0.05) is 32.0 Å². The van der Waals surface area contributed by atoms with Crippen LogP contribution in [0.1, 0.15) is 24.8 Å². The molecule has 0 saturated carbocycles. The SMILES string of the molecule is O=C(NCc1ccccc1)C1CCN(C(=O)C2CC(F)(F)CN2)CC1. The van der Waals surface area contributed by atoms with E-state index in [0.717, 1.165) is 5.56 Å². The Morgan fingerprint density at radius 2 is 1.88 bits per heavy atom. The van der Waals surface area contributed by atoms with Crippen LogP contribution in [-0.2, 0) is 16.1 Å². The minimum absolute atomic E-state index is 0.0125. The highest BCUT2D eigenvalue weighted by molar-refractivity contribution is 5.83. The Balaban J connectivity index is 1.43. The van der Waals surface area contributed by atoms with Crippen LogP contribution >= 0.6 is 0 Å². The largest absolute Gasteiger partial charge is 0.352 e. The van der Waals surface area contributed by atoms with Gasteiger partial charge in [-0.05, 0) is 18.4 Å². The molecule has 0 aromatic heterocycles. The minimum Gasteiger partial charge on any atom is -0.352 e. The van der Waals surface area contributed by atoms with Crippen molar-refractivity contribution >= 4 is 11.8 Å². The van der Waals surface area contributed by atoms with E-state index in [4.69, 9.17) is 0 Å². The van der Waals surface area contributed by atoms with Crippen LogP contribution in [0.2, 0.25) is 0 Å². The summed E-state index contributed by atoms with van der Waals surface area (Å²) in [6, 6.07) is 8.86. The fourth-order valence-corrected chi connectivity index (χ4v) is 3.40. The van der Waals surface area contributed by atoms with E-state index < -0.39 is 24.9 Å². The number of nitrogens with one attached hydrogen (secondary N) is 2. The number of carbonyl (C=O) groups excluding carboxylic acids is 2. The molecule has 1 unspecified atom stereocenters. The molecule has 2 amide bonds. The van der Waals surface area contributed by atoms with Crippen LogP contribution in [0.3, 0.4) is 0 Å². The molecule has 2 aliphatic heterocycles. The molecule has 0 aliphatic carbocycles. The van der Waals surface area contributed by atoms with Crippen molar-refractivity contribution in [2.24, 2.45) is 5.92 Å². The van der Waals surface area contributed by atoms with Crippen LogP contribution in [0, 0.1) is 5.92 Å². The molecule has 7 heteroatoms. The lowest BCUT2D eigenvalue weighted by Gasteiger charge is -2.33. The van der Waals surface area contributed by atoms with Gasteiger partial charge in [0.05, 0.1) is 12.6 Å². The second-order valence-corrected chi connectivity index (χ2v) is 6.80. The summed E-state index contributed by atoms with van der Waals surface area (Å²) in [5.74, 6) is -3.23. The van der Waals surface area contributed by atoms with E-state index in [9.17, 15) is 18.4 Å². The van der Waals surface area contributed by atoms with Crippen LogP contribution in [-0.4, -0.2) is 48.3 Å². The lowest BCUT2D eigenvalue weighted by atomic mass is 9.95. The van der Waals surface area contributed by atoms with E-state index in [1.165, 1.54) is 0 Å². The number of likely N-dealkylation sites (tertiary alicyclic amines) is 1. The van der Waals surface area contributed by atoms with Crippen molar-refractivity contribution in [2.45, 2.75) is 37.8 Å². The van der Waals surface area contributed by atoms with Crippen LogP contribution in [0.5, 0.6) is 0 Å². The Bertz CT molecular complexity index is 616. The van der Waals surface area contributed by atoms with Crippen LogP contribution in [0.4, 0.5) is 8.78 Å². The zero-order chi connectivity index (χ0) is 17.9. The van der Waals surface area contributed by atoms with Crippen molar-refractivity contribution in [1.29, 1.82) is 0 Å². The number of nitrogens with zero attached hydrogens (tertiary/aromatic N) is 1. The fraction of sp³-hybridized carbons (Fsp3) is 0.556. The molecule has 1 aromatic rings. The highest BCUT2D eigenvalue weighted by Crippen LogP contribution is 2.27. The first kappa shape index (κ1) is 17.8. The van der Waals surface area contributed by atoms with Crippen LogP contribution in [0.25, 0.3) is 0 Å². The molecule has 2 aliphatic rings. The molecular weight excluding hydrogens is 328 g/mol.